The number of hydrogen-bond acceptors (Lipinski definition) is 2. The molecule has 1 N–H and O–H groups in total. The van der Waals surface area contributed by atoms with Crippen LogP contribution in [0.5, 0.6) is 5.75 Å². The van der Waals surface area contributed by atoms with Crippen molar-refractivity contribution in [1.82, 2.24) is 5.32 Å². The summed E-state index contributed by atoms with van der Waals surface area (Å²) in [7, 11) is 0. The molecule has 1 aliphatic carbocycles. The topological polar surface area (TPSA) is 21.3 Å². The van der Waals surface area contributed by atoms with E-state index in [2.05, 4.69) is 17.0 Å². The second kappa shape index (κ2) is 6.85. The summed E-state index contributed by atoms with van der Waals surface area (Å²) in [6, 6.07) is 6.81. The molecular formula is C15H21F2NO. The standard InChI is InChI=1S/C15H21F2NO/c1-11-3-2-4-13(11)10-18-9-12-5-7-14(8-6-12)19-15(16)17/h5-8,11,13,15,18H,2-4,9-10H2,1H3. The Morgan fingerprint density at radius 1 is 1.26 bits per heavy atom. The van der Waals surface area contributed by atoms with Crippen molar-refractivity contribution in [2.24, 2.45) is 11.8 Å². The zero-order valence-electron chi connectivity index (χ0n) is 11.2. The van der Waals surface area contributed by atoms with E-state index in [0.717, 1.165) is 30.5 Å². The Balaban J connectivity index is 1.73. The van der Waals surface area contributed by atoms with Gasteiger partial charge < -0.3 is 10.1 Å². The highest BCUT2D eigenvalue weighted by Crippen LogP contribution is 2.30. The SMILES string of the molecule is CC1CCCC1CNCc1ccc(OC(F)F)cc1. The van der Waals surface area contributed by atoms with Gasteiger partial charge in [-0.2, -0.15) is 8.78 Å². The van der Waals surface area contributed by atoms with Crippen molar-refractivity contribution < 1.29 is 13.5 Å². The van der Waals surface area contributed by atoms with Crippen LogP contribution < -0.4 is 10.1 Å². The summed E-state index contributed by atoms with van der Waals surface area (Å²) in [6.45, 7) is 1.37. The molecular weight excluding hydrogens is 248 g/mol. The molecule has 2 nitrogen and oxygen atoms in total. The van der Waals surface area contributed by atoms with Gasteiger partial charge in [-0.15, -0.1) is 0 Å². The highest BCUT2D eigenvalue weighted by molar-refractivity contribution is 5.27. The molecule has 0 heterocycles. The Kier molecular flexibility index (Phi) is 5.14. The van der Waals surface area contributed by atoms with Gasteiger partial charge in [-0.3, -0.25) is 0 Å². The van der Waals surface area contributed by atoms with Gasteiger partial charge in [-0.25, -0.2) is 0 Å². The Hall–Kier alpha value is -1.16. The monoisotopic (exact) mass is 269 g/mol. The maximum Gasteiger partial charge on any atom is 0.387 e. The largest absolute Gasteiger partial charge is 0.435 e. The predicted molar refractivity (Wildman–Crippen MR) is 71.3 cm³/mol. The van der Waals surface area contributed by atoms with Crippen molar-refractivity contribution in [2.45, 2.75) is 39.3 Å². The Morgan fingerprint density at radius 2 is 2.00 bits per heavy atom. The molecule has 1 aliphatic rings. The summed E-state index contributed by atoms with van der Waals surface area (Å²) in [4.78, 5) is 0. The minimum Gasteiger partial charge on any atom is -0.435 e. The molecule has 0 aliphatic heterocycles. The maximum absolute atomic E-state index is 12.0. The fraction of sp³-hybridized carbons (Fsp3) is 0.600. The molecule has 4 heteroatoms. The van der Waals surface area contributed by atoms with E-state index in [4.69, 9.17) is 0 Å². The Morgan fingerprint density at radius 3 is 2.58 bits per heavy atom. The minimum absolute atomic E-state index is 0.211. The lowest BCUT2D eigenvalue weighted by atomic mass is 9.98. The van der Waals surface area contributed by atoms with Crippen molar-refractivity contribution in [3.63, 3.8) is 0 Å². The fourth-order valence-electron chi connectivity index (χ4n) is 2.72. The Bertz CT molecular complexity index is 380. The molecule has 106 valence electrons. The van der Waals surface area contributed by atoms with Crippen LogP contribution in [0.4, 0.5) is 8.78 Å². The van der Waals surface area contributed by atoms with E-state index in [-0.39, 0.29) is 5.75 Å². The number of nitrogens with one attached hydrogen (secondary N) is 1. The molecule has 2 atom stereocenters. The predicted octanol–water partition coefficient (Wildman–Crippen LogP) is 3.81. The van der Waals surface area contributed by atoms with E-state index < -0.39 is 6.61 Å². The van der Waals surface area contributed by atoms with Gasteiger partial charge in [0.05, 0.1) is 0 Å². The van der Waals surface area contributed by atoms with Crippen LogP contribution >= 0.6 is 0 Å². The van der Waals surface area contributed by atoms with Gasteiger partial charge >= 0.3 is 6.61 Å². The zero-order valence-corrected chi connectivity index (χ0v) is 11.2. The van der Waals surface area contributed by atoms with Crippen LogP contribution in [0.2, 0.25) is 0 Å². The van der Waals surface area contributed by atoms with Crippen LogP contribution in [-0.4, -0.2) is 13.2 Å². The molecule has 0 radical (unpaired) electrons. The zero-order chi connectivity index (χ0) is 13.7. The first-order valence-electron chi connectivity index (χ1n) is 6.89. The number of alkyl halides is 2. The average Bonchev–Trinajstić information content (AvgIpc) is 2.77. The second-order valence-electron chi connectivity index (χ2n) is 5.32. The van der Waals surface area contributed by atoms with Gasteiger partial charge in [0.15, 0.2) is 0 Å². The molecule has 1 aromatic carbocycles. The number of ether oxygens (including phenoxy) is 1. The average molecular weight is 269 g/mol. The highest BCUT2D eigenvalue weighted by atomic mass is 19.3. The van der Waals surface area contributed by atoms with Gasteiger partial charge in [0.25, 0.3) is 0 Å². The third-order valence-electron chi connectivity index (χ3n) is 3.92. The summed E-state index contributed by atoms with van der Waals surface area (Å²) in [5, 5.41) is 3.45. The van der Waals surface area contributed by atoms with Gasteiger partial charge in [-0.1, -0.05) is 31.9 Å². The van der Waals surface area contributed by atoms with E-state index in [1.54, 1.807) is 12.1 Å². The van der Waals surface area contributed by atoms with Crippen LogP contribution in [0.1, 0.15) is 31.7 Å². The van der Waals surface area contributed by atoms with Crippen molar-refractivity contribution in [2.75, 3.05) is 6.54 Å². The number of benzene rings is 1. The van der Waals surface area contributed by atoms with E-state index in [9.17, 15) is 8.78 Å². The number of halogens is 2. The van der Waals surface area contributed by atoms with Crippen LogP contribution in [0.15, 0.2) is 24.3 Å². The first kappa shape index (κ1) is 14.3. The summed E-state index contributed by atoms with van der Waals surface area (Å²) >= 11 is 0. The molecule has 0 saturated heterocycles. The van der Waals surface area contributed by atoms with E-state index in [0.29, 0.717) is 0 Å². The first-order valence-corrected chi connectivity index (χ1v) is 6.89. The third-order valence-corrected chi connectivity index (χ3v) is 3.92. The number of rotatable bonds is 6. The highest BCUT2D eigenvalue weighted by Gasteiger charge is 2.22. The summed E-state index contributed by atoms with van der Waals surface area (Å²) in [6.07, 6.45) is 3.99. The lowest BCUT2D eigenvalue weighted by molar-refractivity contribution is -0.0498. The molecule has 0 spiro atoms. The van der Waals surface area contributed by atoms with Crippen molar-refractivity contribution >= 4 is 0 Å². The van der Waals surface area contributed by atoms with Crippen LogP contribution in [0.25, 0.3) is 0 Å². The molecule has 2 unspecified atom stereocenters. The van der Waals surface area contributed by atoms with Gasteiger partial charge in [0, 0.05) is 6.54 Å². The molecule has 0 amide bonds. The van der Waals surface area contributed by atoms with E-state index >= 15 is 0 Å². The van der Waals surface area contributed by atoms with Crippen molar-refractivity contribution in [3.8, 4) is 5.75 Å². The van der Waals surface area contributed by atoms with Gasteiger partial charge in [-0.05, 0) is 42.5 Å². The molecule has 0 bridgehead atoms. The minimum atomic E-state index is -2.76. The van der Waals surface area contributed by atoms with E-state index in [1.807, 2.05) is 12.1 Å². The van der Waals surface area contributed by atoms with Crippen LogP contribution in [0, 0.1) is 11.8 Å². The summed E-state index contributed by atoms with van der Waals surface area (Å²) in [5.74, 6) is 1.80. The Labute approximate surface area is 113 Å². The van der Waals surface area contributed by atoms with Crippen LogP contribution in [0.3, 0.4) is 0 Å². The van der Waals surface area contributed by atoms with Crippen LogP contribution in [-0.2, 0) is 6.54 Å². The maximum atomic E-state index is 12.0. The lowest BCUT2D eigenvalue weighted by Gasteiger charge is -2.16. The molecule has 1 saturated carbocycles. The summed E-state index contributed by atoms with van der Waals surface area (Å²) < 4.78 is 28.3. The van der Waals surface area contributed by atoms with Gasteiger partial charge in [0.2, 0.25) is 0 Å². The quantitative estimate of drug-likeness (QED) is 0.847. The lowest BCUT2D eigenvalue weighted by Crippen LogP contribution is -2.23. The fourth-order valence-corrected chi connectivity index (χ4v) is 2.72. The second-order valence-corrected chi connectivity index (χ2v) is 5.32. The normalized spacial score (nSPS) is 22.9. The molecule has 1 fully saturated rings. The van der Waals surface area contributed by atoms with Crippen molar-refractivity contribution in [1.29, 1.82) is 0 Å². The summed E-state index contributed by atoms with van der Waals surface area (Å²) in [5.41, 5.74) is 1.09. The first-order chi connectivity index (χ1) is 9.15. The van der Waals surface area contributed by atoms with Gasteiger partial charge in [0.1, 0.15) is 5.75 Å². The molecule has 2 rings (SSSR count). The number of hydrogen-bond donors (Lipinski definition) is 1. The smallest absolute Gasteiger partial charge is 0.387 e. The molecule has 1 aromatic rings. The molecule has 0 aromatic heterocycles. The third kappa shape index (κ3) is 4.46. The molecule has 19 heavy (non-hydrogen) atoms. The van der Waals surface area contributed by atoms with Crippen molar-refractivity contribution in [3.05, 3.63) is 29.8 Å². The van der Waals surface area contributed by atoms with E-state index in [1.165, 1.54) is 19.3 Å².